The minimum absolute atomic E-state index is 0.153. The van der Waals surface area contributed by atoms with Crippen LogP contribution in [-0.4, -0.2) is 44.1 Å². The van der Waals surface area contributed by atoms with Crippen molar-refractivity contribution in [3.8, 4) is 5.75 Å². The van der Waals surface area contributed by atoms with E-state index >= 15 is 0 Å². The summed E-state index contributed by atoms with van der Waals surface area (Å²) >= 11 is 0. The van der Waals surface area contributed by atoms with Crippen molar-refractivity contribution in [1.29, 1.82) is 0 Å². The molecular formula is C15H22N2O4. The van der Waals surface area contributed by atoms with Crippen LogP contribution >= 0.6 is 0 Å². The molecule has 1 aromatic carbocycles. The smallest absolute Gasteiger partial charge is 0.319 e. The molecule has 1 fully saturated rings. The Morgan fingerprint density at radius 1 is 1.48 bits per heavy atom. The van der Waals surface area contributed by atoms with Crippen LogP contribution in [0.2, 0.25) is 0 Å². The fourth-order valence-electron chi connectivity index (χ4n) is 1.80. The van der Waals surface area contributed by atoms with Crippen molar-refractivity contribution < 1.29 is 19.4 Å². The summed E-state index contributed by atoms with van der Waals surface area (Å²) in [6.07, 6.45) is 1.74. The first kappa shape index (κ1) is 15.6. The molecule has 0 radical (unpaired) electrons. The second kappa shape index (κ2) is 7.85. The number of aliphatic hydroxyl groups is 1. The third-order valence-electron chi connectivity index (χ3n) is 3.19. The number of benzene rings is 1. The van der Waals surface area contributed by atoms with Gasteiger partial charge in [0.1, 0.15) is 5.75 Å². The zero-order valence-corrected chi connectivity index (χ0v) is 12.2. The summed E-state index contributed by atoms with van der Waals surface area (Å²) in [5.41, 5.74) is 0.631. The molecule has 0 bridgehead atoms. The van der Waals surface area contributed by atoms with Crippen molar-refractivity contribution in [1.82, 2.24) is 5.32 Å². The number of rotatable bonds is 8. The van der Waals surface area contributed by atoms with Crippen LogP contribution in [0.15, 0.2) is 24.3 Å². The highest BCUT2D eigenvalue weighted by molar-refractivity contribution is 5.89. The molecule has 0 saturated heterocycles. The van der Waals surface area contributed by atoms with Gasteiger partial charge in [0.15, 0.2) is 0 Å². The van der Waals surface area contributed by atoms with E-state index < -0.39 is 6.10 Å². The molecule has 6 heteroatoms. The molecule has 1 saturated carbocycles. The maximum absolute atomic E-state index is 11.7. The molecule has 2 rings (SSSR count). The molecule has 3 N–H and O–H groups in total. The number of urea groups is 1. The average molecular weight is 294 g/mol. The number of methoxy groups -OCH3 is 1. The van der Waals surface area contributed by atoms with E-state index in [-0.39, 0.29) is 19.2 Å². The van der Waals surface area contributed by atoms with Crippen LogP contribution in [0.1, 0.15) is 12.8 Å². The first-order valence-electron chi connectivity index (χ1n) is 7.12. The quantitative estimate of drug-likeness (QED) is 0.680. The van der Waals surface area contributed by atoms with Crippen LogP contribution in [0.4, 0.5) is 10.5 Å². The van der Waals surface area contributed by atoms with Crippen LogP contribution in [0.3, 0.4) is 0 Å². The van der Waals surface area contributed by atoms with Crippen molar-refractivity contribution >= 4 is 11.7 Å². The number of carbonyl (C=O) groups is 1. The molecule has 0 aromatic heterocycles. The maximum Gasteiger partial charge on any atom is 0.319 e. The molecule has 116 valence electrons. The molecule has 0 unspecified atom stereocenters. The van der Waals surface area contributed by atoms with Crippen LogP contribution in [0.25, 0.3) is 0 Å². The van der Waals surface area contributed by atoms with Gasteiger partial charge in [-0.1, -0.05) is 6.07 Å². The molecule has 6 nitrogen and oxygen atoms in total. The Hall–Kier alpha value is -1.79. The van der Waals surface area contributed by atoms with Crippen molar-refractivity contribution in [2.45, 2.75) is 18.9 Å². The first-order chi connectivity index (χ1) is 10.2. The molecule has 1 aliphatic carbocycles. The van der Waals surface area contributed by atoms with E-state index in [2.05, 4.69) is 10.6 Å². The van der Waals surface area contributed by atoms with E-state index in [1.807, 2.05) is 0 Å². The summed E-state index contributed by atoms with van der Waals surface area (Å²) in [5.74, 6) is 1.34. The van der Waals surface area contributed by atoms with Gasteiger partial charge in [-0.05, 0) is 30.9 Å². The van der Waals surface area contributed by atoms with Crippen molar-refractivity contribution in [2.24, 2.45) is 5.92 Å². The summed E-state index contributed by atoms with van der Waals surface area (Å²) in [6.45, 7) is 1.10. The molecule has 1 aliphatic rings. The van der Waals surface area contributed by atoms with E-state index in [4.69, 9.17) is 9.47 Å². The van der Waals surface area contributed by atoms with Gasteiger partial charge in [-0.2, -0.15) is 0 Å². The lowest BCUT2D eigenvalue weighted by Gasteiger charge is -2.13. The summed E-state index contributed by atoms with van der Waals surface area (Å²) in [6, 6.07) is 6.69. The predicted octanol–water partition coefficient (Wildman–Crippen LogP) is 1.60. The number of hydrogen-bond acceptors (Lipinski definition) is 4. The van der Waals surface area contributed by atoms with E-state index in [1.54, 1.807) is 31.4 Å². The highest BCUT2D eigenvalue weighted by Gasteiger charge is 2.21. The molecule has 1 aromatic rings. The van der Waals surface area contributed by atoms with E-state index in [0.29, 0.717) is 24.0 Å². The van der Waals surface area contributed by atoms with Gasteiger partial charge in [0.25, 0.3) is 0 Å². The van der Waals surface area contributed by atoms with Gasteiger partial charge in [-0.15, -0.1) is 0 Å². The number of hydrogen-bond donors (Lipinski definition) is 3. The van der Waals surface area contributed by atoms with Crippen LogP contribution < -0.4 is 15.4 Å². The topological polar surface area (TPSA) is 79.8 Å². The Bertz CT molecular complexity index is 463. The number of amides is 2. The molecule has 0 aliphatic heterocycles. The lowest BCUT2D eigenvalue weighted by atomic mass is 10.3. The monoisotopic (exact) mass is 294 g/mol. The summed E-state index contributed by atoms with van der Waals surface area (Å²) < 4.78 is 10.4. The molecular weight excluding hydrogens is 272 g/mol. The number of aliphatic hydroxyl groups excluding tert-OH is 1. The average Bonchev–Trinajstić information content (AvgIpc) is 3.29. The Kier molecular flexibility index (Phi) is 5.83. The summed E-state index contributed by atoms with van der Waals surface area (Å²) in [5, 5.41) is 15.0. The fourth-order valence-corrected chi connectivity index (χ4v) is 1.80. The molecule has 21 heavy (non-hydrogen) atoms. The summed E-state index contributed by atoms with van der Waals surface area (Å²) in [7, 11) is 1.57. The second-order valence-corrected chi connectivity index (χ2v) is 5.20. The molecule has 1 atom stereocenters. The van der Waals surface area contributed by atoms with Gasteiger partial charge in [-0.25, -0.2) is 4.79 Å². The third-order valence-corrected chi connectivity index (χ3v) is 3.19. The van der Waals surface area contributed by atoms with Crippen molar-refractivity contribution in [3.63, 3.8) is 0 Å². The minimum Gasteiger partial charge on any atom is -0.497 e. The Labute approximate surface area is 124 Å². The highest BCUT2D eigenvalue weighted by Crippen LogP contribution is 2.28. The zero-order valence-electron chi connectivity index (χ0n) is 12.2. The highest BCUT2D eigenvalue weighted by atomic mass is 16.5. The minimum atomic E-state index is -0.695. The number of nitrogens with one attached hydrogen (secondary N) is 2. The van der Waals surface area contributed by atoms with Crippen LogP contribution in [-0.2, 0) is 4.74 Å². The van der Waals surface area contributed by atoms with Crippen molar-refractivity contribution in [3.05, 3.63) is 24.3 Å². The Balaban J connectivity index is 1.63. The largest absolute Gasteiger partial charge is 0.497 e. The van der Waals surface area contributed by atoms with Gasteiger partial charge >= 0.3 is 6.03 Å². The molecule has 0 heterocycles. The Morgan fingerprint density at radius 2 is 2.29 bits per heavy atom. The number of ether oxygens (including phenoxy) is 2. The lowest BCUT2D eigenvalue weighted by molar-refractivity contribution is 0.0339. The first-order valence-corrected chi connectivity index (χ1v) is 7.12. The van der Waals surface area contributed by atoms with Crippen molar-refractivity contribution in [2.75, 3.05) is 32.2 Å². The van der Waals surface area contributed by atoms with Gasteiger partial charge in [0.05, 0.1) is 19.8 Å². The van der Waals surface area contributed by atoms with E-state index in [1.165, 1.54) is 12.8 Å². The Morgan fingerprint density at radius 3 is 3.00 bits per heavy atom. The molecule has 2 amide bonds. The molecule has 0 spiro atoms. The van der Waals surface area contributed by atoms with Gasteiger partial charge in [0.2, 0.25) is 0 Å². The van der Waals surface area contributed by atoms with E-state index in [9.17, 15) is 9.90 Å². The standard InChI is InChI=1S/C15H22N2O4/c1-20-14-4-2-3-12(7-14)17-15(19)16-8-13(18)10-21-9-11-5-6-11/h2-4,7,11,13,18H,5-6,8-10H2,1H3,(H2,16,17,19)/t13-/m1/s1. The predicted molar refractivity (Wildman–Crippen MR) is 79.6 cm³/mol. The van der Waals surface area contributed by atoms with Crippen LogP contribution in [0, 0.1) is 5.92 Å². The van der Waals surface area contributed by atoms with E-state index in [0.717, 1.165) is 0 Å². The fraction of sp³-hybridized carbons (Fsp3) is 0.533. The van der Waals surface area contributed by atoms with Gasteiger partial charge in [-0.3, -0.25) is 0 Å². The maximum atomic E-state index is 11.7. The van der Waals surface area contributed by atoms with Gasteiger partial charge < -0.3 is 25.2 Å². The number of carbonyl (C=O) groups excluding carboxylic acids is 1. The lowest BCUT2D eigenvalue weighted by Crippen LogP contribution is -2.37. The zero-order chi connectivity index (χ0) is 15.1. The normalized spacial score (nSPS) is 15.3. The number of anilines is 1. The summed E-state index contributed by atoms with van der Waals surface area (Å²) in [4.78, 5) is 11.7. The van der Waals surface area contributed by atoms with Gasteiger partial charge in [0, 0.05) is 24.9 Å². The SMILES string of the molecule is COc1cccc(NC(=O)NC[C@@H](O)COCC2CC2)c1. The second-order valence-electron chi connectivity index (χ2n) is 5.20. The van der Waals surface area contributed by atoms with Crippen LogP contribution in [0.5, 0.6) is 5.75 Å². The third kappa shape index (κ3) is 6.01.